The highest BCUT2D eigenvalue weighted by molar-refractivity contribution is 6.04. The van der Waals surface area contributed by atoms with Gasteiger partial charge >= 0.3 is 6.01 Å². The predicted octanol–water partition coefficient (Wildman–Crippen LogP) is 5.91. The van der Waals surface area contributed by atoms with Crippen LogP contribution in [0, 0.1) is 24.0 Å². The zero-order valence-electron chi connectivity index (χ0n) is 24.7. The maximum Gasteiger partial charge on any atom is 0.319 e. The molecule has 4 aliphatic rings. The van der Waals surface area contributed by atoms with Gasteiger partial charge in [0, 0.05) is 42.9 Å². The average Bonchev–Trinajstić information content (AvgIpc) is 3.55. The number of rotatable bonds is 4. The standard InChI is InChI=1S/C34H32F3N5O3/c1-2-23-25(36)8-7-19-14-22(43)15-24(26(19)23)29-28(37)30-27-31(42-12-4-3-6-21(42)9-13-44-32(27)38-29)40-33(39-30)45-18-34-10-5-11-41(34)17-20(35)16-34/h1,7-8,14-15,20-21,43H,3-6,9-13,16-18H2/t20-,21-,34+/m1/s1. The van der Waals surface area contributed by atoms with E-state index < -0.39 is 23.3 Å². The molecule has 232 valence electrons. The minimum Gasteiger partial charge on any atom is -0.508 e. The van der Waals surface area contributed by atoms with Gasteiger partial charge in [-0.2, -0.15) is 9.97 Å². The van der Waals surface area contributed by atoms with Gasteiger partial charge in [0.2, 0.25) is 5.88 Å². The van der Waals surface area contributed by atoms with E-state index in [2.05, 4.69) is 25.7 Å². The quantitative estimate of drug-likeness (QED) is 0.284. The molecule has 3 atom stereocenters. The molecule has 3 fully saturated rings. The van der Waals surface area contributed by atoms with Gasteiger partial charge in [-0.15, -0.1) is 6.42 Å². The first-order valence-corrected chi connectivity index (χ1v) is 15.6. The smallest absolute Gasteiger partial charge is 0.319 e. The summed E-state index contributed by atoms with van der Waals surface area (Å²) in [6.45, 7) is 2.45. The van der Waals surface area contributed by atoms with E-state index in [4.69, 9.17) is 20.9 Å². The number of halogens is 3. The van der Waals surface area contributed by atoms with Crippen molar-refractivity contribution < 1.29 is 27.8 Å². The normalized spacial score (nSPS) is 24.5. The Labute approximate surface area is 258 Å². The number of aromatic nitrogens is 3. The van der Waals surface area contributed by atoms with Crippen LogP contribution < -0.4 is 14.4 Å². The van der Waals surface area contributed by atoms with E-state index in [0.29, 0.717) is 42.6 Å². The number of hydrogen-bond acceptors (Lipinski definition) is 8. The van der Waals surface area contributed by atoms with E-state index in [1.165, 1.54) is 24.3 Å². The van der Waals surface area contributed by atoms with Gasteiger partial charge in [-0.1, -0.05) is 12.0 Å². The Balaban J connectivity index is 1.34. The lowest BCUT2D eigenvalue weighted by atomic mass is 9.95. The van der Waals surface area contributed by atoms with Crippen molar-refractivity contribution in [3.8, 4) is 41.2 Å². The molecular weight excluding hydrogens is 583 g/mol. The second-order valence-electron chi connectivity index (χ2n) is 12.6. The molecule has 0 radical (unpaired) electrons. The van der Waals surface area contributed by atoms with Crippen LogP contribution in [0.5, 0.6) is 17.6 Å². The number of ether oxygens (including phenoxy) is 2. The van der Waals surface area contributed by atoms with Crippen LogP contribution in [0.3, 0.4) is 0 Å². The van der Waals surface area contributed by atoms with Gasteiger partial charge < -0.3 is 19.5 Å². The number of aromatic hydroxyl groups is 1. The van der Waals surface area contributed by atoms with E-state index in [-0.39, 0.29) is 58.0 Å². The second kappa shape index (κ2) is 10.7. The summed E-state index contributed by atoms with van der Waals surface area (Å²) in [5, 5.41) is 11.6. The number of phenolic OH excluding ortho intramolecular Hbond substituents is 1. The molecule has 11 heteroatoms. The summed E-state index contributed by atoms with van der Waals surface area (Å²) in [5.74, 6) is 1.38. The van der Waals surface area contributed by atoms with Crippen LogP contribution in [0.2, 0.25) is 0 Å². The number of pyridine rings is 1. The Bertz CT molecular complexity index is 1900. The third-order valence-electron chi connectivity index (χ3n) is 9.98. The van der Waals surface area contributed by atoms with E-state index in [1.54, 1.807) is 0 Å². The number of anilines is 1. The summed E-state index contributed by atoms with van der Waals surface area (Å²) in [6.07, 6.45) is 10.6. The fourth-order valence-corrected chi connectivity index (χ4v) is 7.93. The molecule has 6 heterocycles. The number of nitrogens with zero attached hydrogens (tertiary/aromatic N) is 5. The molecule has 4 aliphatic heterocycles. The molecular formula is C34H32F3N5O3. The van der Waals surface area contributed by atoms with Crippen molar-refractivity contribution in [1.82, 2.24) is 19.9 Å². The Hall–Kier alpha value is -4.30. The molecule has 0 spiro atoms. The van der Waals surface area contributed by atoms with E-state index in [0.717, 1.165) is 45.2 Å². The Kier molecular flexibility index (Phi) is 6.68. The van der Waals surface area contributed by atoms with Crippen molar-refractivity contribution in [2.24, 2.45) is 0 Å². The molecule has 2 aromatic carbocycles. The van der Waals surface area contributed by atoms with Gasteiger partial charge in [-0.25, -0.2) is 18.2 Å². The molecule has 2 aromatic heterocycles. The van der Waals surface area contributed by atoms with Crippen LogP contribution in [0.15, 0.2) is 24.3 Å². The first kappa shape index (κ1) is 28.2. The molecule has 4 aromatic rings. The average molecular weight is 616 g/mol. The van der Waals surface area contributed by atoms with Crippen LogP contribution in [0.25, 0.3) is 32.9 Å². The molecule has 0 saturated carbocycles. The third kappa shape index (κ3) is 4.52. The lowest BCUT2D eigenvalue weighted by Crippen LogP contribution is -2.44. The minimum absolute atomic E-state index is 0.0101. The van der Waals surface area contributed by atoms with E-state index in [9.17, 15) is 13.9 Å². The van der Waals surface area contributed by atoms with Crippen molar-refractivity contribution in [3.05, 3.63) is 41.5 Å². The van der Waals surface area contributed by atoms with Gasteiger partial charge in [-0.05, 0) is 62.2 Å². The molecule has 1 N–H and O–H groups in total. The zero-order chi connectivity index (χ0) is 30.9. The molecule has 8 rings (SSSR count). The highest BCUT2D eigenvalue weighted by Crippen LogP contribution is 2.45. The Morgan fingerprint density at radius 1 is 1.09 bits per heavy atom. The van der Waals surface area contributed by atoms with E-state index in [1.807, 2.05) is 0 Å². The van der Waals surface area contributed by atoms with Crippen LogP contribution in [0.1, 0.15) is 50.5 Å². The van der Waals surface area contributed by atoms with Crippen molar-refractivity contribution in [2.45, 2.75) is 62.7 Å². The van der Waals surface area contributed by atoms with Crippen molar-refractivity contribution >= 4 is 27.5 Å². The summed E-state index contributed by atoms with van der Waals surface area (Å²) >= 11 is 0. The third-order valence-corrected chi connectivity index (χ3v) is 9.98. The summed E-state index contributed by atoms with van der Waals surface area (Å²) in [4.78, 5) is 18.4. The monoisotopic (exact) mass is 615 g/mol. The number of phenols is 1. The van der Waals surface area contributed by atoms with Gasteiger partial charge in [0.15, 0.2) is 5.82 Å². The summed E-state index contributed by atoms with van der Waals surface area (Å²) in [7, 11) is 0. The maximum absolute atomic E-state index is 16.9. The molecule has 3 saturated heterocycles. The summed E-state index contributed by atoms with van der Waals surface area (Å²) in [6, 6.07) is 5.57. The molecule has 0 unspecified atom stereocenters. The van der Waals surface area contributed by atoms with Crippen molar-refractivity contribution in [1.29, 1.82) is 0 Å². The number of benzene rings is 2. The topological polar surface area (TPSA) is 83.8 Å². The highest BCUT2D eigenvalue weighted by atomic mass is 19.1. The number of fused-ring (bicyclic) bond motifs is 4. The van der Waals surface area contributed by atoms with Gasteiger partial charge in [0.25, 0.3) is 0 Å². The fraction of sp³-hybridized carbons (Fsp3) is 0.441. The highest BCUT2D eigenvalue weighted by Gasteiger charge is 2.49. The van der Waals surface area contributed by atoms with Gasteiger partial charge in [0.1, 0.15) is 46.8 Å². The Morgan fingerprint density at radius 2 is 1.98 bits per heavy atom. The van der Waals surface area contributed by atoms with Crippen molar-refractivity contribution in [2.75, 3.05) is 37.7 Å². The molecule has 0 aliphatic carbocycles. The zero-order valence-corrected chi connectivity index (χ0v) is 24.7. The molecule has 0 amide bonds. The van der Waals surface area contributed by atoms with Crippen LogP contribution in [0.4, 0.5) is 19.0 Å². The van der Waals surface area contributed by atoms with Crippen LogP contribution >= 0.6 is 0 Å². The molecule has 45 heavy (non-hydrogen) atoms. The molecule has 0 bridgehead atoms. The number of terminal acetylenes is 1. The summed E-state index contributed by atoms with van der Waals surface area (Å²) < 4.78 is 58.8. The minimum atomic E-state index is -0.922. The first-order chi connectivity index (χ1) is 21.8. The van der Waals surface area contributed by atoms with Crippen LogP contribution in [-0.2, 0) is 0 Å². The first-order valence-electron chi connectivity index (χ1n) is 15.6. The fourth-order valence-electron chi connectivity index (χ4n) is 7.93. The second-order valence-corrected chi connectivity index (χ2v) is 12.6. The van der Waals surface area contributed by atoms with Gasteiger partial charge in [0.05, 0.1) is 17.7 Å². The molecule has 8 nitrogen and oxygen atoms in total. The SMILES string of the molecule is C#Cc1c(F)ccc2cc(O)cc(-c3nc4c5c(nc(OC[C@@]67CCCN6C[C@H](F)C7)nc5c3F)N3CCCC[C@@H]3CCO4)c12. The Morgan fingerprint density at radius 3 is 2.84 bits per heavy atom. The lowest BCUT2D eigenvalue weighted by molar-refractivity contribution is 0.107. The van der Waals surface area contributed by atoms with E-state index >= 15 is 4.39 Å². The lowest BCUT2D eigenvalue weighted by Gasteiger charge is -2.38. The van der Waals surface area contributed by atoms with Crippen LogP contribution in [-0.4, -0.2) is 75.6 Å². The summed E-state index contributed by atoms with van der Waals surface area (Å²) in [5.41, 5.74) is -0.657. The number of alkyl halides is 1. The van der Waals surface area contributed by atoms with Crippen molar-refractivity contribution in [3.63, 3.8) is 0 Å². The maximum atomic E-state index is 16.9. The van der Waals surface area contributed by atoms with Gasteiger partial charge in [-0.3, -0.25) is 4.90 Å². The predicted molar refractivity (Wildman–Crippen MR) is 163 cm³/mol. The largest absolute Gasteiger partial charge is 0.508 e. The number of piperidine rings is 1. The number of hydrogen-bond donors (Lipinski definition) is 1.